The van der Waals surface area contributed by atoms with Crippen LogP contribution in [0.1, 0.15) is 18.9 Å². The fraction of sp³-hybridized carbons (Fsp3) is 0.308. The van der Waals surface area contributed by atoms with Gasteiger partial charge in [0, 0.05) is 17.3 Å². The maximum absolute atomic E-state index is 5.97. The van der Waals surface area contributed by atoms with E-state index in [-0.39, 0.29) is 0 Å². The zero-order valence-electron chi connectivity index (χ0n) is 10.9. The lowest BCUT2D eigenvalue weighted by molar-refractivity contribution is 0.935. The molecule has 0 fully saturated rings. The predicted molar refractivity (Wildman–Crippen MR) is 78.1 cm³/mol. The third-order valence-corrected chi connectivity index (χ3v) is 2.80. The molecule has 1 aromatic carbocycles. The topological polar surface area (TPSA) is 62.7 Å². The van der Waals surface area contributed by atoms with E-state index in [1.165, 1.54) is 0 Å². The summed E-state index contributed by atoms with van der Waals surface area (Å²) in [5, 5.41) is 14.8. The van der Waals surface area contributed by atoms with Gasteiger partial charge in [-0.25, -0.2) is 0 Å². The number of hydrogen-bond donors (Lipinski definition) is 2. The van der Waals surface area contributed by atoms with Crippen LogP contribution >= 0.6 is 11.6 Å². The van der Waals surface area contributed by atoms with Crippen LogP contribution in [0, 0.1) is 6.92 Å². The lowest BCUT2D eigenvalue weighted by Gasteiger charge is -2.09. The molecule has 0 unspecified atom stereocenters. The number of anilines is 3. The summed E-state index contributed by atoms with van der Waals surface area (Å²) < 4.78 is 0. The van der Waals surface area contributed by atoms with Crippen molar-refractivity contribution in [2.45, 2.75) is 20.3 Å². The largest absolute Gasteiger partial charge is 0.369 e. The maximum Gasteiger partial charge on any atom is 0.249 e. The molecule has 1 heterocycles. The van der Waals surface area contributed by atoms with Gasteiger partial charge in [-0.1, -0.05) is 24.6 Å². The third kappa shape index (κ3) is 3.79. The van der Waals surface area contributed by atoms with Crippen molar-refractivity contribution in [1.82, 2.24) is 15.2 Å². The zero-order chi connectivity index (χ0) is 13.7. The molecule has 0 aliphatic heterocycles. The van der Waals surface area contributed by atoms with Crippen LogP contribution in [-0.2, 0) is 0 Å². The summed E-state index contributed by atoms with van der Waals surface area (Å²) in [6.07, 6.45) is 2.63. The van der Waals surface area contributed by atoms with Crippen LogP contribution in [0.3, 0.4) is 0 Å². The Morgan fingerprint density at radius 1 is 1.32 bits per heavy atom. The SMILES string of the molecule is CCCNc1cnnc(Nc2cc(Cl)ccc2C)n1. The van der Waals surface area contributed by atoms with Gasteiger partial charge in [0.05, 0.1) is 6.20 Å². The van der Waals surface area contributed by atoms with Crippen molar-refractivity contribution in [3.05, 3.63) is 35.0 Å². The van der Waals surface area contributed by atoms with Crippen molar-refractivity contribution in [2.75, 3.05) is 17.2 Å². The summed E-state index contributed by atoms with van der Waals surface area (Å²) in [4.78, 5) is 4.34. The number of aryl methyl sites for hydroxylation is 1. The van der Waals surface area contributed by atoms with Crippen molar-refractivity contribution in [3.8, 4) is 0 Å². The molecule has 0 aliphatic rings. The molecule has 0 spiro atoms. The van der Waals surface area contributed by atoms with Gasteiger partial charge in [0.1, 0.15) is 0 Å². The average Bonchev–Trinajstić information content (AvgIpc) is 2.41. The molecule has 100 valence electrons. The minimum Gasteiger partial charge on any atom is -0.369 e. The van der Waals surface area contributed by atoms with Gasteiger partial charge < -0.3 is 10.6 Å². The summed E-state index contributed by atoms with van der Waals surface area (Å²) in [5.41, 5.74) is 1.95. The second-order valence-corrected chi connectivity index (χ2v) is 4.61. The number of aromatic nitrogens is 3. The van der Waals surface area contributed by atoms with E-state index in [0.29, 0.717) is 16.8 Å². The number of nitrogens with one attached hydrogen (secondary N) is 2. The summed E-state index contributed by atoms with van der Waals surface area (Å²) in [6, 6.07) is 5.63. The van der Waals surface area contributed by atoms with E-state index in [1.54, 1.807) is 6.20 Å². The highest BCUT2D eigenvalue weighted by Crippen LogP contribution is 2.22. The normalized spacial score (nSPS) is 10.3. The smallest absolute Gasteiger partial charge is 0.249 e. The predicted octanol–water partition coefficient (Wildman–Crippen LogP) is 3.40. The highest BCUT2D eigenvalue weighted by atomic mass is 35.5. The first-order valence-corrected chi connectivity index (χ1v) is 6.53. The zero-order valence-corrected chi connectivity index (χ0v) is 11.7. The highest BCUT2D eigenvalue weighted by Gasteiger charge is 2.04. The molecule has 0 radical (unpaired) electrons. The van der Waals surface area contributed by atoms with Crippen molar-refractivity contribution in [2.24, 2.45) is 0 Å². The average molecular weight is 278 g/mol. The lowest BCUT2D eigenvalue weighted by atomic mass is 10.2. The second kappa shape index (κ2) is 6.33. The Balaban J connectivity index is 2.16. The van der Waals surface area contributed by atoms with Crippen LogP contribution in [0.5, 0.6) is 0 Å². The first-order valence-electron chi connectivity index (χ1n) is 6.16. The Bertz CT molecular complexity index is 558. The van der Waals surface area contributed by atoms with E-state index in [9.17, 15) is 0 Å². The quantitative estimate of drug-likeness (QED) is 0.877. The van der Waals surface area contributed by atoms with Crippen LogP contribution < -0.4 is 10.6 Å². The molecule has 2 aromatic rings. The molecule has 0 saturated carbocycles. The molecule has 6 heteroatoms. The number of rotatable bonds is 5. The Labute approximate surface area is 117 Å². The molecular formula is C13H16ClN5. The van der Waals surface area contributed by atoms with E-state index < -0.39 is 0 Å². The van der Waals surface area contributed by atoms with Crippen LogP contribution in [0.4, 0.5) is 17.5 Å². The summed E-state index contributed by atoms with van der Waals surface area (Å²) >= 11 is 5.97. The van der Waals surface area contributed by atoms with Gasteiger partial charge in [-0.05, 0) is 31.0 Å². The first kappa shape index (κ1) is 13.5. The summed E-state index contributed by atoms with van der Waals surface area (Å²) in [7, 11) is 0. The van der Waals surface area contributed by atoms with E-state index in [2.05, 4.69) is 32.7 Å². The van der Waals surface area contributed by atoms with E-state index in [4.69, 9.17) is 11.6 Å². The third-order valence-electron chi connectivity index (χ3n) is 2.56. The fourth-order valence-electron chi connectivity index (χ4n) is 1.54. The van der Waals surface area contributed by atoms with Crippen LogP contribution in [0.2, 0.25) is 5.02 Å². The van der Waals surface area contributed by atoms with Crippen molar-refractivity contribution >= 4 is 29.1 Å². The van der Waals surface area contributed by atoms with Gasteiger partial charge >= 0.3 is 0 Å². The van der Waals surface area contributed by atoms with Crippen LogP contribution in [-0.4, -0.2) is 21.7 Å². The van der Waals surface area contributed by atoms with Crippen LogP contribution in [0.25, 0.3) is 0 Å². The lowest BCUT2D eigenvalue weighted by Crippen LogP contribution is -2.06. The number of halogens is 1. The monoisotopic (exact) mass is 277 g/mol. The van der Waals surface area contributed by atoms with Crippen molar-refractivity contribution in [1.29, 1.82) is 0 Å². The Kier molecular flexibility index (Phi) is 4.52. The standard InChI is InChI=1S/C13H16ClN5/c1-3-6-15-12-8-16-19-13(18-12)17-11-7-10(14)5-4-9(11)2/h4-5,7-8H,3,6H2,1-2H3,(H2,15,17,18,19). The molecule has 0 saturated heterocycles. The summed E-state index contributed by atoms with van der Waals surface area (Å²) in [6.45, 7) is 4.94. The Hall–Kier alpha value is -1.88. The molecule has 2 rings (SSSR count). The molecular weight excluding hydrogens is 262 g/mol. The molecule has 0 amide bonds. The van der Waals surface area contributed by atoms with E-state index in [0.717, 1.165) is 24.2 Å². The van der Waals surface area contributed by atoms with Gasteiger partial charge in [-0.2, -0.15) is 10.1 Å². The molecule has 0 aliphatic carbocycles. The Morgan fingerprint density at radius 3 is 2.95 bits per heavy atom. The van der Waals surface area contributed by atoms with Gasteiger partial charge in [0.2, 0.25) is 5.95 Å². The molecule has 19 heavy (non-hydrogen) atoms. The highest BCUT2D eigenvalue weighted by molar-refractivity contribution is 6.30. The van der Waals surface area contributed by atoms with E-state index in [1.807, 2.05) is 25.1 Å². The minimum absolute atomic E-state index is 0.450. The molecule has 0 bridgehead atoms. The molecule has 5 nitrogen and oxygen atoms in total. The van der Waals surface area contributed by atoms with Crippen LogP contribution in [0.15, 0.2) is 24.4 Å². The van der Waals surface area contributed by atoms with Gasteiger partial charge in [-0.15, -0.1) is 5.10 Å². The molecule has 2 N–H and O–H groups in total. The summed E-state index contributed by atoms with van der Waals surface area (Å²) in [5.74, 6) is 1.16. The van der Waals surface area contributed by atoms with Gasteiger partial charge in [0.25, 0.3) is 0 Å². The minimum atomic E-state index is 0.450. The number of hydrogen-bond acceptors (Lipinski definition) is 5. The molecule has 1 aromatic heterocycles. The van der Waals surface area contributed by atoms with Gasteiger partial charge in [-0.3, -0.25) is 0 Å². The molecule has 0 atom stereocenters. The number of benzene rings is 1. The van der Waals surface area contributed by atoms with Gasteiger partial charge in [0.15, 0.2) is 5.82 Å². The maximum atomic E-state index is 5.97. The second-order valence-electron chi connectivity index (χ2n) is 4.18. The Morgan fingerprint density at radius 2 is 2.16 bits per heavy atom. The number of nitrogens with zero attached hydrogens (tertiary/aromatic N) is 3. The fourth-order valence-corrected chi connectivity index (χ4v) is 1.72. The van der Waals surface area contributed by atoms with Crippen molar-refractivity contribution in [3.63, 3.8) is 0 Å². The van der Waals surface area contributed by atoms with E-state index >= 15 is 0 Å². The first-order chi connectivity index (χ1) is 9.19. The van der Waals surface area contributed by atoms with Crippen molar-refractivity contribution < 1.29 is 0 Å².